The molecular formula is C33H29Cl2N3O4S. The lowest BCUT2D eigenvalue weighted by atomic mass is 10.1. The quantitative estimate of drug-likeness (QED) is 0.115. The number of ether oxygens (including phenoxy) is 1. The molecular weight excluding hydrogens is 605 g/mol. The molecule has 0 aliphatic carbocycles. The van der Waals surface area contributed by atoms with Gasteiger partial charge >= 0.3 is 0 Å². The second-order valence-electron chi connectivity index (χ2n) is 9.27. The molecule has 0 bridgehead atoms. The smallest absolute Gasteiger partial charge is 0.272 e. The topological polar surface area (TPSA) is 96.5 Å². The molecule has 0 aliphatic heterocycles. The van der Waals surface area contributed by atoms with Crippen molar-refractivity contribution in [3.63, 3.8) is 0 Å². The molecule has 0 saturated carbocycles. The van der Waals surface area contributed by atoms with E-state index in [1.54, 1.807) is 104 Å². The van der Waals surface area contributed by atoms with Gasteiger partial charge in [0.15, 0.2) is 0 Å². The third kappa shape index (κ3) is 9.64. The third-order valence-electron chi connectivity index (χ3n) is 5.96. The van der Waals surface area contributed by atoms with E-state index in [-0.39, 0.29) is 11.6 Å². The fourth-order valence-corrected chi connectivity index (χ4v) is 5.27. The van der Waals surface area contributed by atoms with E-state index in [0.717, 1.165) is 4.90 Å². The highest BCUT2D eigenvalue weighted by molar-refractivity contribution is 8.00. The molecule has 1 atom stereocenters. The van der Waals surface area contributed by atoms with Crippen LogP contribution in [-0.4, -0.2) is 29.6 Å². The van der Waals surface area contributed by atoms with Gasteiger partial charge in [0, 0.05) is 31.9 Å². The van der Waals surface area contributed by atoms with Crippen LogP contribution in [-0.2, 0) is 9.59 Å². The highest BCUT2D eigenvalue weighted by Crippen LogP contribution is 2.27. The predicted molar refractivity (Wildman–Crippen MR) is 175 cm³/mol. The summed E-state index contributed by atoms with van der Waals surface area (Å²) in [6.45, 7) is 4.23. The largest absolute Gasteiger partial charge is 0.494 e. The number of rotatable bonds is 11. The average Bonchev–Trinajstić information content (AvgIpc) is 2.98. The SMILES string of the molecule is CCOc1ccc(/C=C(\NC(=O)c2ccccc2)C(=O)Nc2ccc(SC(C)C(=O)Nc3cc(Cl)cc(Cl)c3)cc2)cc1. The minimum atomic E-state index is -0.494. The van der Waals surface area contributed by atoms with E-state index >= 15 is 0 Å². The monoisotopic (exact) mass is 633 g/mol. The fraction of sp³-hybridized carbons (Fsp3) is 0.121. The first-order valence-electron chi connectivity index (χ1n) is 13.4. The van der Waals surface area contributed by atoms with Crippen LogP contribution in [0, 0.1) is 0 Å². The van der Waals surface area contributed by atoms with Crippen molar-refractivity contribution in [2.45, 2.75) is 24.0 Å². The fourth-order valence-electron chi connectivity index (χ4n) is 3.88. The number of amides is 3. The van der Waals surface area contributed by atoms with Crippen molar-refractivity contribution in [3.8, 4) is 5.75 Å². The molecule has 3 N–H and O–H groups in total. The maximum absolute atomic E-state index is 13.3. The Hall–Kier alpha value is -4.24. The zero-order valence-electron chi connectivity index (χ0n) is 23.4. The van der Waals surface area contributed by atoms with E-state index in [9.17, 15) is 14.4 Å². The lowest BCUT2D eigenvalue weighted by molar-refractivity contribution is -0.115. The zero-order chi connectivity index (χ0) is 30.8. The Labute approximate surface area is 264 Å². The Bertz CT molecular complexity index is 1590. The van der Waals surface area contributed by atoms with E-state index in [2.05, 4.69) is 16.0 Å². The van der Waals surface area contributed by atoms with Gasteiger partial charge in [0.2, 0.25) is 5.91 Å². The molecule has 0 radical (unpaired) electrons. The summed E-state index contributed by atoms with van der Waals surface area (Å²) in [5.41, 5.74) is 2.24. The normalized spacial score (nSPS) is 11.8. The number of carbonyl (C=O) groups is 3. The van der Waals surface area contributed by atoms with Gasteiger partial charge in [-0.1, -0.05) is 53.5 Å². The summed E-state index contributed by atoms with van der Waals surface area (Å²) in [7, 11) is 0. The summed E-state index contributed by atoms with van der Waals surface area (Å²) in [4.78, 5) is 39.7. The molecule has 220 valence electrons. The molecule has 4 aromatic rings. The van der Waals surface area contributed by atoms with Crippen LogP contribution in [0.1, 0.15) is 29.8 Å². The minimum absolute atomic E-state index is 0.0721. The lowest BCUT2D eigenvalue weighted by Gasteiger charge is -2.14. The van der Waals surface area contributed by atoms with Crippen molar-refractivity contribution in [1.29, 1.82) is 0 Å². The second kappa shape index (κ2) is 15.3. The molecule has 0 spiro atoms. The van der Waals surface area contributed by atoms with Gasteiger partial charge in [0.25, 0.3) is 11.8 Å². The van der Waals surface area contributed by atoms with Crippen LogP contribution >= 0.6 is 35.0 Å². The highest BCUT2D eigenvalue weighted by atomic mass is 35.5. The van der Waals surface area contributed by atoms with Gasteiger partial charge in [-0.3, -0.25) is 14.4 Å². The highest BCUT2D eigenvalue weighted by Gasteiger charge is 2.17. The number of anilines is 2. The molecule has 1 unspecified atom stereocenters. The molecule has 0 aromatic heterocycles. The first-order chi connectivity index (χ1) is 20.7. The van der Waals surface area contributed by atoms with Crippen molar-refractivity contribution >= 4 is 70.1 Å². The molecule has 0 saturated heterocycles. The number of halogens is 2. The van der Waals surface area contributed by atoms with Crippen LogP contribution in [0.25, 0.3) is 6.08 Å². The first kappa shape index (κ1) is 31.7. The Balaban J connectivity index is 1.43. The molecule has 0 heterocycles. The van der Waals surface area contributed by atoms with Crippen molar-refractivity contribution in [2.24, 2.45) is 0 Å². The minimum Gasteiger partial charge on any atom is -0.494 e. The predicted octanol–water partition coefficient (Wildman–Crippen LogP) is 7.92. The van der Waals surface area contributed by atoms with Crippen LogP contribution in [0.2, 0.25) is 10.0 Å². The van der Waals surface area contributed by atoms with Crippen molar-refractivity contribution in [3.05, 3.63) is 124 Å². The Morgan fingerprint density at radius 3 is 2.12 bits per heavy atom. The molecule has 43 heavy (non-hydrogen) atoms. The molecule has 7 nitrogen and oxygen atoms in total. The van der Waals surface area contributed by atoms with Crippen LogP contribution < -0.4 is 20.7 Å². The van der Waals surface area contributed by atoms with E-state index in [1.165, 1.54) is 11.8 Å². The van der Waals surface area contributed by atoms with E-state index < -0.39 is 17.1 Å². The number of hydrogen-bond acceptors (Lipinski definition) is 5. The standard InChI is InChI=1S/C33H29Cl2N3O4S/c1-3-42-28-13-9-22(10-14-28)17-30(38-32(40)23-7-5-4-6-8-23)33(41)36-26-11-15-29(16-12-26)43-21(2)31(39)37-27-19-24(34)18-25(35)20-27/h4-21H,3H2,1-2H3,(H,36,41)(H,37,39)(H,38,40)/b30-17-. The number of hydrogen-bond donors (Lipinski definition) is 3. The molecule has 4 aromatic carbocycles. The summed E-state index contributed by atoms with van der Waals surface area (Å²) >= 11 is 13.4. The summed E-state index contributed by atoms with van der Waals surface area (Å²) in [6, 6.07) is 27.8. The van der Waals surface area contributed by atoms with Crippen molar-refractivity contribution in [2.75, 3.05) is 17.2 Å². The van der Waals surface area contributed by atoms with E-state index in [0.29, 0.717) is 44.9 Å². The second-order valence-corrected chi connectivity index (χ2v) is 11.6. The lowest BCUT2D eigenvalue weighted by Crippen LogP contribution is -2.30. The maximum Gasteiger partial charge on any atom is 0.272 e. The first-order valence-corrected chi connectivity index (χ1v) is 15.0. The van der Waals surface area contributed by atoms with Crippen LogP contribution in [0.4, 0.5) is 11.4 Å². The summed E-state index contributed by atoms with van der Waals surface area (Å²) in [5, 5.41) is 8.82. The van der Waals surface area contributed by atoms with Gasteiger partial charge < -0.3 is 20.7 Å². The number of carbonyl (C=O) groups excluding carboxylic acids is 3. The van der Waals surface area contributed by atoms with Gasteiger partial charge in [-0.05, 0) is 92.2 Å². The third-order valence-corrected chi connectivity index (χ3v) is 7.50. The molecule has 0 fully saturated rings. The summed E-state index contributed by atoms with van der Waals surface area (Å²) < 4.78 is 5.49. The number of thioether (sulfide) groups is 1. The Morgan fingerprint density at radius 1 is 0.837 bits per heavy atom. The Kier molecular flexibility index (Phi) is 11.3. The molecule has 4 rings (SSSR count). The van der Waals surface area contributed by atoms with Crippen LogP contribution in [0.5, 0.6) is 5.75 Å². The summed E-state index contributed by atoms with van der Waals surface area (Å²) in [5.74, 6) is -0.407. The van der Waals surface area contributed by atoms with Crippen LogP contribution in [0.15, 0.2) is 108 Å². The van der Waals surface area contributed by atoms with Crippen LogP contribution in [0.3, 0.4) is 0 Å². The molecule has 10 heteroatoms. The Morgan fingerprint density at radius 2 is 1.49 bits per heavy atom. The van der Waals surface area contributed by atoms with Gasteiger partial charge in [-0.15, -0.1) is 11.8 Å². The molecule has 0 aliphatic rings. The number of benzene rings is 4. The maximum atomic E-state index is 13.3. The zero-order valence-corrected chi connectivity index (χ0v) is 25.7. The van der Waals surface area contributed by atoms with E-state index in [1.807, 2.05) is 13.0 Å². The van der Waals surface area contributed by atoms with Gasteiger partial charge in [-0.2, -0.15) is 0 Å². The summed E-state index contributed by atoms with van der Waals surface area (Å²) in [6.07, 6.45) is 1.60. The van der Waals surface area contributed by atoms with Crippen molar-refractivity contribution in [1.82, 2.24) is 5.32 Å². The number of nitrogens with one attached hydrogen (secondary N) is 3. The van der Waals surface area contributed by atoms with E-state index in [4.69, 9.17) is 27.9 Å². The molecule has 3 amide bonds. The van der Waals surface area contributed by atoms with Gasteiger partial charge in [0.1, 0.15) is 11.4 Å². The van der Waals surface area contributed by atoms with Gasteiger partial charge in [0.05, 0.1) is 11.9 Å². The average molecular weight is 635 g/mol. The van der Waals surface area contributed by atoms with Gasteiger partial charge in [-0.25, -0.2) is 0 Å². The van der Waals surface area contributed by atoms with Crippen molar-refractivity contribution < 1.29 is 19.1 Å².